The molecule has 23 heavy (non-hydrogen) atoms. The lowest BCUT2D eigenvalue weighted by molar-refractivity contribution is -0.132. The van der Waals surface area contributed by atoms with Crippen molar-refractivity contribution in [3.63, 3.8) is 0 Å². The molecule has 1 fully saturated rings. The van der Waals surface area contributed by atoms with Gasteiger partial charge in [-0.15, -0.1) is 0 Å². The lowest BCUT2D eigenvalue weighted by Crippen LogP contribution is -2.39. The summed E-state index contributed by atoms with van der Waals surface area (Å²) in [6, 6.07) is 1.96. The molecule has 0 saturated carbocycles. The number of piperidine rings is 1. The van der Waals surface area contributed by atoms with Gasteiger partial charge in [-0.1, -0.05) is 6.92 Å². The maximum Gasteiger partial charge on any atom is 0.222 e. The summed E-state index contributed by atoms with van der Waals surface area (Å²) in [6.07, 6.45) is 6.27. The second-order valence-corrected chi connectivity index (χ2v) is 6.15. The molecule has 6 nitrogen and oxygen atoms in total. The molecule has 3 rings (SSSR count). The van der Waals surface area contributed by atoms with Crippen LogP contribution in [0.25, 0.3) is 11.5 Å². The molecule has 1 saturated heterocycles. The van der Waals surface area contributed by atoms with Crippen molar-refractivity contribution >= 4 is 5.91 Å². The van der Waals surface area contributed by atoms with Crippen molar-refractivity contribution in [3.8, 4) is 11.5 Å². The first-order valence-electron chi connectivity index (χ1n) is 8.19. The number of rotatable bonds is 3. The molecule has 1 aliphatic heterocycles. The van der Waals surface area contributed by atoms with E-state index in [0.29, 0.717) is 6.42 Å². The van der Waals surface area contributed by atoms with Crippen LogP contribution in [0.1, 0.15) is 43.6 Å². The number of imidazole rings is 1. The van der Waals surface area contributed by atoms with E-state index in [1.807, 2.05) is 42.6 Å². The van der Waals surface area contributed by atoms with Crippen molar-refractivity contribution in [1.82, 2.24) is 24.4 Å². The first-order chi connectivity index (χ1) is 11.1. The number of aromatic nitrogens is 4. The molecular weight excluding hydrogens is 290 g/mol. The summed E-state index contributed by atoms with van der Waals surface area (Å²) in [5.74, 6) is 2.09. The van der Waals surface area contributed by atoms with Crippen LogP contribution in [0.5, 0.6) is 0 Å². The molecule has 2 aromatic heterocycles. The van der Waals surface area contributed by atoms with E-state index in [9.17, 15) is 4.79 Å². The van der Waals surface area contributed by atoms with E-state index in [1.54, 1.807) is 6.20 Å². The number of likely N-dealkylation sites (tertiary alicyclic amines) is 1. The summed E-state index contributed by atoms with van der Waals surface area (Å²) in [5.41, 5.74) is 1.78. The second kappa shape index (κ2) is 6.48. The topological polar surface area (TPSA) is 63.9 Å². The Hall–Kier alpha value is -2.24. The number of hydrogen-bond donors (Lipinski definition) is 0. The highest BCUT2D eigenvalue weighted by atomic mass is 16.2. The minimum Gasteiger partial charge on any atom is -0.342 e. The Kier molecular flexibility index (Phi) is 4.41. The van der Waals surface area contributed by atoms with Gasteiger partial charge in [-0.05, 0) is 25.8 Å². The fourth-order valence-electron chi connectivity index (χ4n) is 3.14. The third-order valence-electron chi connectivity index (χ3n) is 4.36. The summed E-state index contributed by atoms with van der Waals surface area (Å²) in [6.45, 7) is 5.46. The number of nitrogens with zero attached hydrogens (tertiary/aromatic N) is 5. The van der Waals surface area contributed by atoms with E-state index in [0.717, 1.165) is 49.0 Å². The molecule has 1 atom stereocenters. The molecule has 3 heterocycles. The zero-order chi connectivity index (χ0) is 16.4. The largest absolute Gasteiger partial charge is 0.342 e. The van der Waals surface area contributed by atoms with Crippen molar-refractivity contribution in [2.24, 2.45) is 7.05 Å². The van der Waals surface area contributed by atoms with Crippen LogP contribution in [0.15, 0.2) is 18.5 Å². The lowest BCUT2D eigenvalue weighted by Gasteiger charge is -2.32. The first kappa shape index (κ1) is 15.6. The van der Waals surface area contributed by atoms with Gasteiger partial charge in [-0.2, -0.15) is 0 Å². The van der Waals surface area contributed by atoms with Gasteiger partial charge in [0.25, 0.3) is 0 Å². The van der Waals surface area contributed by atoms with Crippen LogP contribution in [0.4, 0.5) is 0 Å². The van der Waals surface area contributed by atoms with Gasteiger partial charge in [0.05, 0.1) is 0 Å². The fourth-order valence-corrected chi connectivity index (χ4v) is 3.14. The van der Waals surface area contributed by atoms with Crippen molar-refractivity contribution < 1.29 is 4.79 Å². The Morgan fingerprint density at radius 1 is 1.39 bits per heavy atom. The predicted molar refractivity (Wildman–Crippen MR) is 87.8 cm³/mol. The van der Waals surface area contributed by atoms with Crippen LogP contribution in [-0.4, -0.2) is 43.4 Å². The van der Waals surface area contributed by atoms with Crippen molar-refractivity contribution in [2.45, 2.75) is 39.0 Å². The number of hydrogen-bond acceptors (Lipinski definition) is 4. The zero-order valence-corrected chi connectivity index (χ0v) is 14.0. The van der Waals surface area contributed by atoms with Crippen LogP contribution in [0.3, 0.4) is 0 Å². The molecule has 1 unspecified atom stereocenters. The average molecular weight is 313 g/mol. The number of amides is 1. The third-order valence-corrected chi connectivity index (χ3v) is 4.36. The zero-order valence-electron chi connectivity index (χ0n) is 14.0. The van der Waals surface area contributed by atoms with Crippen molar-refractivity contribution in [2.75, 3.05) is 13.1 Å². The molecule has 1 aliphatic rings. The van der Waals surface area contributed by atoms with Gasteiger partial charge < -0.3 is 9.47 Å². The quantitative estimate of drug-likeness (QED) is 0.872. The van der Waals surface area contributed by atoms with Crippen molar-refractivity contribution in [3.05, 3.63) is 30.0 Å². The normalized spacial score (nSPS) is 18.2. The predicted octanol–water partition coefficient (Wildman–Crippen LogP) is 2.30. The molecular formula is C17H23N5O. The molecule has 0 N–H and O–H groups in total. The van der Waals surface area contributed by atoms with Crippen LogP contribution < -0.4 is 0 Å². The van der Waals surface area contributed by atoms with E-state index in [-0.39, 0.29) is 11.8 Å². The smallest absolute Gasteiger partial charge is 0.222 e. The minimum atomic E-state index is 0.207. The standard InChI is InChI=1S/C17H23N5O/c1-4-15(23)22-8-5-6-13(11-22)16-19-12(2)10-14(20-16)17-18-7-9-21(17)3/h7,9-10,13H,4-6,8,11H2,1-3H3. The maximum atomic E-state index is 12.0. The van der Waals surface area contributed by atoms with E-state index >= 15 is 0 Å². The molecule has 122 valence electrons. The molecule has 0 aliphatic carbocycles. The van der Waals surface area contributed by atoms with Gasteiger partial charge >= 0.3 is 0 Å². The molecule has 0 aromatic carbocycles. The summed E-state index contributed by atoms with van der Waals surface area (Å²) >= 11 is 0. The SMILES string of the molecule is CCC(=O)N1CCCC(c2nc(C)cc(-c3nccn3C)n2)C1. The molecule has 6 heteroatoms. The van der Waals surface area contributed by atoms with Crippen molar-refractivity contribution in [1.29, 1.82) is 0 Å². The molecule has 0 bridgehead atoms. The highest BCUT2D eigenvalue weighted by molar-refractivity contribution is 5.76. The summed E-state index contributed by atoms with van der Waals surface area (Å²) in [4.78, 5) is 27.7. The number of carbonyl (C=O) groups excluding carboxylic acids is 1. The Labute approximate surface area is 136 Å². The Morgan fingerprint density at radius 2 is 2.22 bits per heavy atom. The summed E-state index contributed by atoms with van der Waals surface area (Å²) in [5, 5.41) is 0. The van der Waals surface area contributed by atoms with Crippen LogP contribution in [0.2, 0.25) is 0 Å². The second-order valence-electron chi connectivity index (χ2n) is 6.15. The fraction of sp³-hybridized carbons (Fsp3) is 0.529. The van der Waals surface area contributed by atoms with E-state index in [2.05, 4.69) is 9.97 Å². The molecule has 2 aromatic rings. The van der Waals surface area contributed by atoms with Gasteiger partial charge in [0, 0.05) is 50.6 Å². The maximum absolute atomic E-state index is 12.0. The van der Waals surface area contributed by atoms with Gasteiger partial charge in [-0.25, -0.2) is 15.0 Å². The summed E-state index contributed by atoms with van der Waals surface area (Å²) in [7, 11) is 1.96. The van der Waals surface area contributed by atoms with Crippen LogP contribution in [-0.2, 0) is 11.8 Å². The van der Waals surface area contributed by atoms with Crippen LogP contribution >= 0.6 is 0 Å². The number of carbonyl (C=O) groups is 1. The number of aryl methyl sites for hydroxylation is 2. The van der Waals surface area contributed by atoms with E-state index in [1.165, 1.54) is 0 Å². The lowest BCUT2D eigenvalue weighted by atomic mass is 9.96. The third kappa shape index (κ3) is 3.25. The average Bonchev–Trinajstić information content (AvgIpc) is 2.99. The molecule has 1 amide bonds. The minimum absolute atomic E-state index is 0.207. The van der Waals surface area contributed by atoms with Gasteiger partial charge in [0.1, 0.15) is 11.5 Å². The van der Waals surface area contributed by atoms with E-state index in [4.69, 9.17) is 4.98 Å². The highest BCUT2D eigenvalue weighted by Gasteiger charge is 2.26. The first-order valence-corrected chi connectivity index (χ1v) is 8.19. The molecule has 0 spiro atoms. The molecule has 0 radical (unpaired) electrons. The van der Waals surface area contributed by atoms with E-state index < -0.39 is 0 Å². The summed E-state index contributed by atoms with van der Waals surface area (Å²) < 4.78 is 1.96. The highest BCUT2D eigenvalue weighted by Crippen LogP contribution is 2.27. The monoisotopic (exact) mass is 313 g/mol. The Balaban J connectivity index is 1.89. The van der Waals surface area contributed by atoms with Gasteiger partial charge in [0.2, 0.25) is 5.91 Å². The van der Waals surface area contributed by atoms with Crippen LogP contribution in [0, 0.1) is 6.92 Å². The van der Waals surface area contributed by atoms with Gasteiger partial charge in [0.15, 0.2) is 5.82 Å². The Morgan fingerprint density at radius 3 is 2.91 bits per heavy atom. The Bertz CT molecular complexity index is 709. The van der Waals surface area contributed by atoms with Gasteiger partial charge in [-0.3, -0.25) is 4.79 Å².